The number of hydrogen-bond donors (Lipinski definition) is 1. The van der Waals surface area contributed by atoms with Crippen LogP contribution < -0.4 is 14.4 Å². The van der Waals surface area contributed by atoms with Crippen LogP contribution in [0.1, 0.15) is 32.8 Å². The van der Waals surface area contributed by atoms with Gasteiger partial charge in [0.05, 0.1) is 27.7 Å². The predicted molar refractivity (Wildman–Crippen MR) is 158 cm³/mol. The summed E-state index contributed by atoms with van der Waals surface area (Å²) in [7, 11) is -2.70. The van der Waals surface area contributed by atoms with E-state index in [1.165, 1.54) is 29.2 Å². The van der Waals surface area contributed by atoms with Crippen molar-refractivity contribution in [3.63, 3.8) is 0 Å². The molecule has 0 unspecified atom stereocenters. The predicted octanol–water partition coefficient (Wildman–Crippen LogP) is 5.53. The summed E-state index contributed by atoms with van der Waals surface area (Å²) in [5.74, 6) is -0.281. The molecule has 0 aliphatic carbocycles. The zero-order valence-electron chi connectivity index (χ0n) is 22.8. The van der Waals surface area contributed by atoms with E-state index in [4.69, 9.17) is 27.9 Å². The Hall–Kier alpha value is -3.27. The molecule has 0 aliphatic rings. The van der Waals surface area contributed by atoms with E-state index in [2.05, 4.69) is 5.32 Å². The van der Waals surface area contributed by atoms with Crippen LogP contribution in [0.4, 0.5) is 5.69 Å². The van der Waals surface area contributed by atoms with Crippen LogP contribution in [-0.2, 0) is 26.2 Å². The Bertz CT molecular complexity index is 1420. The van der Waals surface area contributed by atoms with Crippen molar-refractivity contribution in [1.82, 2.24) is 10.2 Å². The molecule has 40 heavy (non-hydrogen) atoms. The zero-order chi connectivity index (χ0) is 29.4. The van der Waals surface area contributed by atoms with Crippen molar-refractivity contribution < 1.29 is 22.7 Å². The number of hydrogen-bond acceptors (Lipinski definition) is 5. The van der Waals surface area contributed by atoms with Crippen molar-refractivity contribution in [2.24, 2.45) is 0 Å². The number of ether oxygens (including phenoxy) is 1. The summed E-state index contributed by atoms with van der Waals surface area (Å²) in [5, 5.41) is 2.99. The van der Waals surface area contributed by atoms with Gasteiger partial charge < -0.3 is 15.0 Å². The fourth-order valence-electron chi connectivity index (χ4n) is 4.15. The van der Waals surface area contributed by atoms with Crippen molar-refractivity contribution in [1.29, 1.82) is 0 Å². The first-order chi connectivity index (χ1) is 19.0. The van der Waals surface area contributed by atoms with E-state index in [1.807, 2.05) is 13.8 Å². The van der Waals surface area contributed by atoms with Crippen LogP contribution in [0.15, 0.2) is 77.7 Å². The van der Waals surface area contributed by atoms with Crippen molar-refractivity contribution in [3.8, 4) is 5.75 Å². The molecule has 3 aromatic carbocycles. The number of carbonyl (C=O) groups excluding carboxylic acids is 2. The van der Waals surface area contributed by atoms with Crippen LogP contribution in [0.2, 0.25) is 10.0 Å². The topological polar surface area (TPSA) is 96.0 Å². The van der Waals surface area contributed by atoms with Gasteiger partial charge >= 0.3 is 0 Å². The zero-order valence-corrected chi connectivity index (χ0v) is 25.1. The SMILES string of the molecule is CC[C@H](C(=O)NC(C)C)N(Cc1ccc(OC)cc1)C(=O)CN(c1cccc(Cl)c1Cl)S(=O)(=O)c1ccccc1. The minimum absolute atomic E-state index is 0.0113. The van der Waals surface area contributed by atoms with Crippen LogP contribution in [0.3, 0.4) is 0 Å². The first-order valence-electron chi connectivity index (χ1n) is 12.7. The molecule has 0 spiro atoms. The van der Waals surface area contributed by atoms with E-state index in [-0.39, 0.29) is 39.1 Å². The van der Waals surface area contributed by atoms with Gasteiger partial charge in [0.2, 0.25) is 11.8 Å². The van der Waals surface area contributed by atoms with Gasteiger partial charge in [-0.25, -0.2) is 8.42 Å². The minimum Gasteiger partial charge on any atom is -0.497 e. The van der Waals surface area contributed by atoms with Crippen LogP contribution in [0.5, 0.6) is 5.75 Å². The van der Waals surface area contributed by atoms with Crippen molar-refractivity contribution in [3.05, 3.63) is 88.4 Å². The minimum atomic E-state index is -4.25. The quantitative estimate of drug-likeness (QED) is 0.293. The van der Waals surface area contributed by atoms with Crippen molar-refractivity contribution in [2.75, 3.05) is 18.0 Å². The third kappa shape index (κ3) is 7.47. The molecule has 0 heterocycles. The molecule has 0 saturated heterocycles. The normalized spacial score (nSPS) is 12.1. The van der Waals surface area contributed by atoms with Gasteiger partial charge in [-0.1, -0.05) is 66.5 Å². The highest BCUT2D eigenvalue weighted by Crippen LogP contribution is 2.35. The molecule has 1 N–H and O–H groups in total. The van der Waals surface area contributed by atoms with E-state index < -0.39 is 28.5 Å². The van der Waals surface area contributed by atoms with Gasteiger partial charge in [-0.05, 0) is 62.2 Å². The highest BCUT2D eigenvalue weighted by atomic mass is 35.5. The lowest BCUT2D eigenvalue weighted by Gasteiger charge is -2.33. The molecule has 11 heteroatoms. The maximum atomic E-state index is 14.1. The molecule has 0 saturated carbocycles. The molecular weight excluding hydrogens is 573 g/mol. The second kappa shape index (κ2) is 13.9. The summed E-state index contributed by atoms with van der Waals surface area (Å²) in [6.45, 7) is 4.91. The summed E-state index contributed by atoms with van der Waals surface area (Å²) < 4.78 is 33.9. The lowest BCUT2D eigenvalue weighted by atomic mass is 10.1. The lowest BCUT2D eigenvalue weighted by Crippen LogP contribution is -2.53. The second-order valence-corrected chi connectivity index (χ2v) is 12.0. The third-order valence-electron chi connectivity index (χ3n) is 6.14. The maximum absolute atomic E-state index is 14.1. The first-order valence-corrected chi connectivity index (χ1v) is 14.9. The van der Waals surface area contributed by atoms with E-state index in [0.717, 1.165) is 9.87 Å². The van der Waals surface area contributed by atoms with Crippen LogP contribution >= 0.6 is 23.2 Å². The molecule has 0 aromatic heterocycles. The average molecular weight is 607 g/mol. The van der Waals surface area contributed by atoms with Gasteiger partial charge in [0.1, 0.15) is 18.3 Å². The molecule has 2 amide bonds. The second-order valence-electron chi connectivity index (χ2n) is 9.35. The Kier molecular flexibility index (Phi) is 10.8. The molecule has 0 aliphatic heterocycles. The number of nitrogens with one attached hydrogen (secondary N) is 1. The monoisotopic (exact) mass is 605 g/mol. The first kappa shape index (κ1) is 31.3. The summed E-state index contributed by atoms with van der Waals surface area (Å²) in [6, 6.07) is 18.4. The molecule has 214 valence electrons. The van der Waals surface area contributed by atoms with Gasteiger partial charge in [-0.3, -0.25) is 13.9 Å². The summed E-state index contributed by atoms with van der Waals surface area (Å²) in [4.78, 5) is 28.6. The maximum Gasteiger partial charge on any atom is 0.264 e. The number of nitrogens with zero attached hydrogens (tertiary/aromatic N) is 2. The molecule has 0 fully saturated rings. The molecule has 3 rings (SSSR count). The number of benzene rings is 3. The van der Waals surface area contributed by atoms with Crippen molar-refractivity contribution in [2.45, 2.75) is 50.7 Å². The molecule has 0 radical (unpaired) electrons. The smallest absolute Gasteiger partial charge is 0.264 e. The Labute approximate surface area is 245 Å². The molecule has 3 aromatic rings. The fraction of sp³-hybridized carbons (Fsp3) is 0.310. The number of rotatable bonds is 12. The number of amides is 2. The van der Waals surface area contributed by atoms with E-state index >= 15 is 0 Å². The fourth-order valence-corrected chi connectivity index (χ4v) is 6.04. The molecular formula is C29H33Cl2N3O5S. The lowest BCUT2D eigenvalue weighted by molar-refractivity contribution is -0.140. The number of carbonyl (C=O) groups is 2. The average Bonchev–Trinajstić information content (AvgIpc) is 2.93. The highest BCUT2D eigenvalue weighted by molar-refractivity contribution is 7.92. The number of sulfonamides is 1. The summed E-state index contributed by atoms with van der Waals surface area (Å²) in [6.07, 6.45) is 0.309. The van der Waals surface area contributed by atoms with Gasteiger partial charge in [0.25, 0.3) is 10.0 Å². The Balaban J connectivity index is 2.09. The van der Waals surface area contributed by atoms with Crippen LogP contribution in [0.25, 0.3) is 0 Å². The van der Waals surface area contributed by atoms with E-state index in [1.54, 1.807) is 62.6 Å². The Morgan fingerprint density at radius 3 is 2.17 bits per heavy atom. The summed E-state index contributed by atoms with van der Waals surface area (Å²) >= 11 is 12.7. The van der Waals surface area contributed by atoms with Gasteiger partial charge in [0, 0.05) is 12.6 Å². The Morgan fingerprint density at radius 1 is 0.950 bits per heavy atom. The van der Waals surface area contributed by atoms with Crippen molar-refractivity contribution >= 4 is 50.7 Å². The standard InChI is InChI=1S/C29H33Cl2N3O5S/c1-5-25(29(36)32-20(2)3)33(18-21-14-16-22(39-4)17-15-21)27(35)19-34(26-13-9-12-24(30)28(26)31)40(37,38)23-10-7-6-8-11-23/h6-17,20,25H,5,18-19H2,1-4H3,(H,32,36)/t25-/m1/s1. The van der Waals surface area contributed by atoms with Gasteiger partial charge in [-0.2, -0.15) is 0 Å². The van der Waals surface area contributed by atoms with Gasteiger partial charge in [-0.15, -0.1) is 0 Å². The summed E-state index contributed by atoms with van der Waals surface area (Å²) in [5.41, 5.74) is 0.790. The number of anilines is 1. The van der Waals surface area contributed by atoms with Crippen LogP contribution in [0, 0.1) is 0 Å². The van der Waals surface area contributed by atoms with Gasteiger partial charge in [0.15, 0.2) is 0 Å². The molecule has 1 atom stereocenters. The third-order valence-corrected chi connectivity index (χ3v) is 8.72. The number of methoxy groups -OCH3 is 1. The van der Waals surface area contributed by atoms with E-state index in [0.29, 0.717) is 12.2 Å². The van der Waals surface area contributed by atoms with Crippen LogP contribution in [-0.4, -0.2) is 50.9 Å². The van der Waals surface area contributed by atoms with E-state index in [9.17, 15) is 18.0 Å². The Morgan fingerprint density at radius 2 is 1.60 bits per heavy atom. The highest BCUT2D eigenvalue weighted by Gasteiger charge is 2.34. The molecule has 0 bridgehead atoms. The molecule has 8 nitrogen and oxygen atoms in total. The largest absolute Gasteiger partial charge is 0.497 e. The number of halogens is 2.